The van der Waals surface area contributed by atoms with E-state index in [-0.39, 0.29) is 17.9 Å². The molecule has 136 valence electrons. The molecule has 0 radical (unpaired) electrons. The summed E-state index contributed by atoms with van der Waals surface area (Å²) in [5.41, 5.74) is 3.09. The minimum Gasteiger partial charge on any atom is -0.504 e. The Morgan fingerprint density at radius 1 is 1.42 bits per heavy atom. The summed E-state index contributed by atoms with van der Waals surface area (Å²) >= 11 is 3.28. The summed E-state index contributed by atoms with van der Waals surface area (Å²) in [5, 5.41) is 24.6. The van der Waals surface area contributed by atoms with Crippen LogP contribution in [0.3, 0.4) is 0 Å². The Bertz CT molecular complexity index is 854. The first-order chi connectivity index (χ1) is 12.4. The number of hydrazone groups is 1. The largest absolute Gasteiger partial charge is 0.504 e. The normalized spacial score (nSPS) is 10.7. The van der Waals surface area contributed by atoms with Crippen LogP contribution in [0.5, 0.6) is 11.5 Å². The van der Waals surface area contributed by atoms with E-state index in [0.29, 0.717) is 28.0 Å². The van der Waals surface area contributed by atoms with Gasteiger partial charge in [0.15, 0.2) is 11.5 Å². The van der Waals surface area contributed by atoms with Crippen LogP contribution >= 0.6 is 15.9 Å². The van der Waals surface area contributed by atoms with Gasteiger partial charge < -0.3 is 9.84 Å². The van der Waals surface area contributed by atoms with Crippen molar-refractivity contribution in [1.82, 2.24) is 5.43 Å². The van der Waals surface area contributed by atoms with E-state index in [9.17, 15) is 20.0 Å². The molecule has 0 heterocycles. The maximum Gasteiger partial charge on any atom is 0.273 e. The molecule has 0 unspecified atom stereocenters. The van der Waals surface area contributed by atoms with Crippen molar-refractivity contribution in [1.29, 1.82) is 0 Å². The minimum absolute atomic E-state index is 0.0173. The van der Waals surface area contributed by atoms with Crippen LogP contribution in [0, 0.1) is 10.1 Å². The number of amides is 1. The minimum atomic E-state index is -0.533. The first kappa shape index (κ1) is 19.4. The predicted octanol–water partition coefficient (Wildman–Crippen LogP) is 3.15. The molecule has 2 N–H and O–H groups in total. The molecule has 0 aliphatic carbocycles. The van der Waals surface area contributed by atoms with Crippen molar-refractivity contribution in [3.63, 3.8) is 0 Å². The van der Waals surface area contributed by atoms with Gasteiger partial charge in [-0.2, -0.15) is 5.10 Å². The highest BCUT2D eigenvalue weighted by molar-refractivity contribution is 9.10. The number of nitro benzene ring substituents is 1. The van der Waals surface area contributed by atoms with Crippen molar-refractivity contribution in [2.45, 2.75) is 13.3 Å². The summed E-state index contributed by atoms with van der Waals surface area (Å²) in [6, 6.07) is 9.06. The number of hydrogen-bond donors (Lipinski definition) is 2. The number of hydrogen-bond acceptors (Lipinski definition) is 6. The molecule has 26 heavy (non-hydrogen) atoms. The first-order valence-electron chi connectivity index (χ1n) is 7.62. The molecule has 8 nitrogen and oxygen atoms in total. The summed E-state index contributed by atoms with van der Waals surface area (Å²) < 4.78 is 5.86. The van der Waals surface area contributed by atoms with E-state index in [1.165, 1.54) is 30.5 Å². The quantitative estimate of drug-likeness (QED) is 0.404. The number of phenolic OH excluding ortho intramolecular Hbond substituents is 1. The van der Waals surface area contributed by atoms with Gasteiger partial charge in [-0.15, -0.1) is 0 Å². The number of aromatic hydroxyl groups is 1. The monoisotopic (exact) mass is 421 g/mol. The number of halogens is 1. The van der Waals surface area contributed by atoms with E-state index in [4.69, 9.17) is 4.74 Å². The molecule has 0 saturated heterocycles. The Morgan fingerprint density at radius 2 is 2.15 bits per heavy atom. The SMILES string of the molecule is CCOc1cc(/C=N/NC(=O)Cc2ccccc2[N+](=O)[O-])c(Br)cc1O. The lowest BCUT2D eigenvalue weighted by molar-refractivity contribution is -0.385. The summed E-state index contributed by atoms with van der Waals surface area (Å²) in [6.45, 7) is 2.18. The molecular weight excluding hydrogens is 406 g/mol. The van der Waals surface area contributed by atoms with Gasteiger partial charge in [0.25, 0.3) is 5.69 Å². The highest BCUT2D eigenvalue weighted by atomic mass is 79.9. The molecule has 0 fully saturated rings. The Labute approximate surface area is 157 Å². The fraction of sp³-hybridized carbons (Fsp3) is 0.176. The van der Waals surface area contributed by atoms with Gasteiger partial charge >= 0.3 is 0 Å². The number of carbonyl (C=O) groups excluding carboxylic acids is 1. The number of nitrogens with zero attached hydrogens (tertiary/aromatic N) is 2. The van der Waals surface area contributed by atoms with E-state index in [0.717, 1.165) is 0 Å². The molecule has 1 amide bonds. The van der Waals surface area contributed by atoms with Crippen LogP contribution in [-0.4, -0.2) is 28.8 Å². The number of carbonyl (C=O) groups is 1. The van der Waals surface area contributed by atoms with E-state index in [2.05, 4.69) is 26.5 Å². The van der Waals surface area contributed by atoms with Gasteiger partial charge in [0, 0.05) is 21.7 Å². The zero-order valence-corrected chi connectivity index (χ0v) is 15.4. The van der Waals surface area contributed by atoms with Crippen LogP contribution in [-0.2, 0) is 11.2 Å². The zero-order valence-electron chi connectivity index (χ0n) is 13.8. The molecule has 0 bridgehead atoms. The average Bonchev–Trinajstić information content (AvgIpc) is 2.59. The fourth-order valence-corrected chi connectivity index (χ4v) is 2.59. The molecule has 0 spiro atoms. The molecule has 0 atom stereocenters. The lowest BCUT2D eigenvalue weighted by Gasteiger charge is -2.08. The molecule has 2 aromatic carbocycles. The second-order valence-electron chi connectivity index (χ2n) is 5.13. The van der Waals surface area contributed by atoms with Gasteiger partial charge in [0.05, 0.1) is 24.2 Å². The van der Waals surface area contributed by atoms with Gasteiger partial charge in [-0.05, 0) is 35.0 Å². The third-order valence-corrected chi connectivity index (χ3v) is 4.00. The van der Waals surface area contributed by atoms with Gasteiger partial charge in [-0.1, -0.05) is 18.2 Å². The van der Waals surface area contributed by atoms with Crippen molar-refractivity contribution in [3.05, 3.63) is 62.1 Å². The Balaban J connectivity index is 2.06. The second-order valence-corrected chi connectivity index (χ2v) is 5.98. The average molecular weight is 422 g/mol. The van der Waals surface area contributed by atoms with Gasteiger partial charge in [-0.3, -0.25) is 14.9 Å². The number of benzene rings is 2. The number of nitro groups is 1. The maximum absolute atomic E-state index is 12.0. The van der Waals surface area contributed by atoms with E-state index in [1.54, 1.807) is 19.1 Å². The third kappa shape index (κ3) is 5.03. The van der Waals surface area contributed by atoms with Crippen molar-refractivity contribution in [2.75, 3.05) is 6.61 Å². The molecule has 2 rings (SSSR count). The van der Waals surface area contributed by atoms with Crippen LogP contribution in [0.25, 0.3) is 0 Å². The van der Waals surface area contributed by atoms with Crippen LogP contribution in [0.15, 0.2) is 46.0 Å². The standard InChI is InChI=1S/C17H16BrN3O5/c1-2-26-16-7-12(13(18)9-15(16)22)10-19-20-17(23)8-11-5-3-4-6-14(11)21(24)25/h3-7,9-10,22H,2,8H2,1H3,(H,20,23)/b19-10+. The highest BCUT2D eigenvalue weighted by Gasteiger charge is 2.15. The number of rotatable bonds is 7. The summed E-state index contributed by atoms with van der Waals surface area (Å²) in [7, 11) is 0. The highest BCUT2D eigenvalue weighted by Crippen LogP contribution is 2.31. The van der Waals surface area contributed by atoms with E-state index in [1.807, 2.05) is 0 Å². The Kier molecular flexibility index (Phi) is 6.67. The second kappa shape index (κ2) is 8.95. The lowest BCUT2D eigenvalue weighted by Crippen LogP contribution is -2.20. The van der Waals surface area contributed by atoms with Crippen molar-refractivity contribution < 1.29 is 19.6 Å². The number of para-hydroxylation sites is 1. The Hall–Kier alpha value is -2.94. The van der Waals surface area contributed by atoms with E-state index < -0.39 is 10.8 Å². The van der Waals surface area contributed by atoms with Crippen LogP contribution in [0.4, 0.5) is 5.69 Å². The summed E-state index contributed by atoms with van der Waals surface area (Å²) in [6.07, 6.45) is 1.21. The van der Waals surface area contributed by atoms with Crippen molar-refractivity contribution in [3.8, 4) is 11.5 Å². The molecule has 9 heteroatoms. The molecule has 0 aliphatic heterocycles. The predicted molar refractivity (Wildman–Crippen MR) is 99.5 cm³/mol. The van der Waals surface area contributed by atoms with Crippen molar-refractivity contribution >= 4 is 33.7 Å². The number of phenols is 1. The molecule has 2 aromatic rings. The zero-order chi connectivity index (χ0) is 19.1. The molecule has 0 aromatic heterocycles. The third-order valence-electron chi connectivity index (χ3n) is 3.31. The van der Waals surface area contributed by atoms with Crippen LogP contribution in [0.2, 0.25) is 0 Å². The molecule has 0 aliphatic rings. The van der Waals surface area contributed by atoms with Crippen LogP contribution in [0.1, 0.15) is 18.1 Å². The first-order valence-corrected chi connectivity index (χ1v) is 8.41. The number of ether oxygens (including phenoxy) is 1. The van der Waals surface area contributed by atoms with E-state index >= 15 is 0 Å². The maximum atomic E-state index is 12.0. The fourth-order valence-electron chi connectivity index (χ4n) is 2.15. The van der Waals surface area contributed by atoms with Gasteiger partial charge in [0.2, 0.25) is 5.91 Å². The van der Waals surface area contributed by atoms with Crippen molar-refractivity contribution in [2.24, 2.45) is 5.10 Å². The topological polar surface area (TPSA) is 114 Å². The lowest BCUT2D eigenvalue weighted by atomic mass is 10.1. The Morgan fingerprint density at radius 3 is 2.85 bits per heavy atom. The number of nitrogens with one attached hydrogen (secondary N) is 1. The summed E-state index contributed by atoms with van der Waals surface area (Å²) in [4.78, 5) is 22.4. The van der Waals surface area contributed by atoms with Crippen LogP contribution < -0.4 is 10.2 Å². The van der Waals surface area contributed by atoms with Gasteiger partial charge in [-0.25, -0.2) is 5.43 Å². The van der Waals surface area contributed by atoms with Gasteiger partial charge in [0.1, 0.15) is 0 Å². The smallest absolute Gasteiger partial charge is 0.273 e. The molecule has 0 saturated carbocycles. The summed E-state index contributed by atoms with van der Waals surface area (Å²) in [5.74, 6) is -0.213. The molecular formula is C17H16BrN3O5.